The molecule has 9 heteroatoms. The molecule has 0 unspecified atom stereocenters. The zero-order valence-corrected chi connectivity index (χ0v) is 14.3. The number of aromatic nitrogens is 1. The molecule has 0 radical (unpaired) electrons. The molecule has 136 valence electrons. The highest BCUT2D eigenvalue weighted by Gasteiger charge is 2.39. The molecule has 1 aliphatic rings. The molecule has 2 aromatic rings. The number of halogens is 2. The van der Waals surface area contributed by atoms with Crippen molar-refractivity contribution in [1.29, 1.82) is 0 Å². The van der Waals surface area contributed by atoms with Crippen LogP contribution in [0.2, 0.25) is 0 Å². The predicted molar refractivity (Wildman–Crippen MR) is 86.2 cm³/mol. The Morgan fingerprint density at radius 1 is 1.20 bits per heavy atom. The summed E-state index contributed by atoms with van der Waals surface area (Å²) in [6.45, 7) is 3.32. The zero-order chi connectivity index (χ0) is 18.3. The second-order valence-electron chi connectivity index (χ2n) is 5.84. The molecule has 0 saturated carbocycles. The van der Waals surface area contributed by atoms with Crippen LogP contribution in [0.3, 0.4) is 0 Å². The first-order chi connectivity index (χ1) is 11.8. The third-order valence-corrected chi connectivity index (χ3v) is 5.25. The van der Waals surface area contributed by atoms with E-state index in [1.165, 1.54) is 6.07 Å². The van der Waals surface area contributed by atoms with Crippen LogP contribution in [0.25, 0.3) is 11.1 Å². The van der Waals surface area contributed by atoms with Crippen molar-refractivity contribution in [2.24, 2.45) is 0 Å². The Labute approximate surface area is 146 Å². The summed E-state index contributed by atoms with van der Waals surface area (Å²) in [6.07, 6.45) is -3.99. The standard InChI is InChI=1S/C16H17F2NO5S/c1-6-12(7(2)24-19-6)8-3-9(17)13(18)11(4-8)23-16-15(22)14(21)10(20)5-25-16/h3-4,10,14-16,20-22H,5H2,1-2H3/t10-,14+,15-,16-/m1/s1. The molecule has 6 nitrogen and oxygen atoms in total. The quantitative estimate of drug-likeness (QED) is 0.755. The lowest BCUT2D eigenvalue weighted by Crippen LogP contribution is -2.50. The first kappa shape index (κ1) is 18.1. The lowest BCUT2D eigenvalue weighted by atomic mass is 10.0. The van der Waals surface area contributed by atoms with Crippen molar-refractivity contribution < 1.29 is 33.4 Å². The van der Waals surface area contributed by atoms with Crippen LogP contribution in [0.15, 0.2) is 16.7 Å². The van der Waals surface area contributed by atoms with Crippen molar-refractivity contribution in [2.75, 3.05) is 5.75 Å². The van der Waals surface area contributed by atoms with Crippen molar-refractivity contribution in [3.8, 4) is 16.9 Å². The van der Waals surface area contributed by atoms with Crippen molar-refractivity contribution >= 4 is 11.8 Å². The molecule has 0 aliphatic carbocycles. The topological polar surface area (TPSA) is 96.0 Å². The summed E-state index contributed by atoms with van der Waals surface area (Å²) in [4.78, 5) is 0. The number of rotatable bonds is 3. The lowest BCUT2D eigenvalue weighted by Gasteiger charge is -2.34. The fourth-order valence-corrected chi connectivity index (χ4v) is 3.81. The molecule has 0 bridgehead atoms. The van der Waals surface area contributed by atoms with E-state index in [-0.39, 0.29) is 5.75 Å². The number of aliphatic hydroxyl groups is 3. The maximum atomic E-state index is 14.1. The van der Waals surface area contributed by atoms with E-state index in [0.717, 1.165) is 17.8 Å². The molecule has 3 rings (SSSR count). The smallest absolute Gasteiger partial charge is 0.200 e. The van der Waals surface area contributed by atoms with Crippen LogP contribution in [0.1, 0.15) is 11.5 Å². The molecule has 0 amide bonds. The molecule has 4 atom stereocenters. The van der Waals surface area contributed by atoms with Gasteiger partial charge in [0, 0.05) is 11.3 Å². The number of aliphatic hydroxyl groups excluding tert-OH is 3. The van der Waals surface area contributed by atoms with Gasteiger partial charge in [0.2, 0.25) is 5.82 Å². The number of hydrogen-bond acceptors (Lipinski definition) is 7. The Hall–Kier alpha value is -1.68. The molecular formula is C16H17F2NO5S. The lowest BCUT2D eigenvalue weighted by molar-refractivity contribution is -0.0790. The van der Waals surface area contributed by atoms with Gasteiger partial charge in [-0.15, -0.1) is 11.8 Å². The van der Waals surface area contributed by atoms with E-state index in [1.807, 2.05) is 0 Å². The van der Waals surface area contributed by atoms with Crippen LogP contribution in [-0.4, -0.2) is 50.0 Å². The molecule has 25 heavy (non-hydrogen) atoms. The van der Waals surface area contributed by atoms with Crippen LogP contribution < -0.4 is 4.74 Å². The van der Waals surface area contributed by atoms with Gasteiger partial charge in [-0.1, -0.05) is 5.16 Å². The van der Waals surface area contributed by atoms with Gasteiger partial charge in [0.1, 0.15) is 18.0 Å². The van der Waals surface area contributed by atoms with E-state index in [4.69, 9.17) is 9.26 Å². The zero-order valence-electron chi connectivity index (χ0n) is 13.4. The second kappa shape index (κ2) is 6.91. The van der Waals surface area contributed by atoms with Gasteiger partial charge in [0.05, 0.1) is 11.8 Å². The van der Waals surface area contributed by atoms with E-state index >= 15 is 0 Å². The first-order valence-corrected chi connectivity index (χ1v) is 8.59. The normalized spacial score (nSPS) is 26.7. The molecule has 1 aromatic carbocycles. The average molecular weight is 373 g/mol. The maximum Gasteiger partial charge on any atom is 0.200 e. The molecule has 3 N–H and O–H groups in total. The van der Waals surface area contributed by atoms with Crippen LogP contribution in [0.5, 0.6) is 5.75 Å². The third-order valence-electron chi connectivity index (χ3n) is 4.01. The summed E-state index contributed by atoms with van der Waals surface area (Å²) in [7, 11) is 0. The molecule has 2 heterocycles. The summed E-state index contributed by atoms with van der Waals surface area (Å²) in [5, 5.41) is 33.0. The van der Waals surface area contributed by atoms with E-state index in [9.17, 15) is 24.1 Å². The number of thioether (sulfide) groups is 1. The Kier molecular flexibility index (Phi) is 5.01. The van der Waals surface area contributed by atoms with Crippen molar-refractivity contribution in [2.45, 2.75) is 37.6 Å². The highest BCUT2D eigenvalue weighted by atomic mass is 32.2. The van der Waals surface area contributed by atoms with Gasteiger partial charge in [0.25, 0.3) is 0 Å². The number of benzene rings is 1. The highest BCUT2D eigenvalue weighted by molar-refractivity contribution is 7.99. The van der Waals surface area contributed by atoms with Crippen LogP contribution in [-0.2, 0) is 0 Å². The molecule has 1 fully saturated rings. The van der Waals surface area contributed by atoms with Crippen LogP contribution in [0, 0.1) is 25.5 Å². The maximum absolute atomic E-state index is 14.1. The van der Waals surface area contributed by atoms with Gasteiger partial charge in [0.15, 0.2) is 17.0 Å². The van der Waals surface area contributed by atoms with Crippen molar-refractivity contribution in [3.63, 3.8) is 0 Å². The number of ether oxygens (including phenoxy) is 1. The van der Waals surface area contributed by atoms with E-state index in [1.54, 1.807) is 13.8 Å². The molecule has 1 aliphatic heterocycles. The summed E-state index contributed by atoms with van der Waals surface area (Å²) in [5.41, 5.74) is 0.310. The van der Waals surface area contributed by atoms with Gasteiger partial charge in [-0.2, -0.15) is 4.39 Å². The van der Waals surface area contributed by atoms with Gasteiger partial charge in [-0.3, -0.25) is 0 Å². The minimum Gasteiger partial charge on any atom is -0.474 e. The summed E-state index contributed by atoms with van der Waals surface area (Å²) in [5.74, 6) is -2.20. The van der Waals surface area contributed by atoms with Gasteiger partial charge in [-0.05, 0) is 31.5 Å². The van der Waals surface area contributed by atoms with Crippen molar-refractivity contribution in [3.05, 3.63) is 35.2 Å². The van der Waals surface area contributed by atoms with Crippen molar-refractivity contribution in [1.82, 2.24) is 5.16 Å². The number of nitrogens with zero attached hydrogens (tertiary/aromatic N) is 1. The molecule has 1 aromatic heterocycles. The van der Waals surface area contributed by atoms with Gasteiger partial charge < -0.3 is 24.6 Å². The monoisotopic (exact) mass is 373 g/mol. The SMILES string of the molecule is Cc1noc(C)c1-c1cc(F)c(F)c(O[C@@H]2SC[C@@H](O)[C@H](O)[C@H]2O)c1. The third kappa shape index (κ3) is 3.37. The molecular weight excluding hydrogens is 356 g/mol. The van der Waals surface area contributed by atoms with E-state index in [0.29, 0.717) is 22.6 Å². The van der Waals surface area contributed by atoms with Crippen LogP contribution in [0.4, 0.5) is 8.78 Å². The number of aryl methyl sites for hydroxylation is 2. The number of hydrogen-bond donors (Lipinski definition) is 3. The largest absolute Gasteiger partial charge is 0.474 e. The fourth-order valence-electron chi connectivity index (χ4n) is 2.70. The van der Waals surface area contributed by atoms with E-state index in [2.05, 4.69) is 5.16 Å². The molecule has 0 spiro atoms. The Morgan fingerprint density at radius 2 is 1.92 bits per heavy atom. The summed E-state index contributed by atoms with van der Waals surface area (Å²) >= 11 is 1.000. The van der Waals surface area contributed by atoms with E-state index < -0.39 is 41.1 Å². The Balaban J connectivity index is 1.94. The minimum absolute atomic E-state index is 0.0938. The summed E-state index contributed by atoms with van der Waals surface area (Å²) < 4.78 is 38.6. The fraction of sp³-hybridized carbons (Fsp3) is 0.438. The van der Waals surface area contributed by atoms with Crippen LogP contribution >= 0.6 is 11.8 Å². The second-order valence-corrected chi connectivity index (χ2v) is 6.97. The first-order valence-electron chi connectivity index (χ1n) is 7.54. The molecule has 1 saturated heterocycles. The highest BCUT2D eigenvalue weighted by Crippen LogP contribution is 2.35. The summed E-state index contributed by atoms with van der Waals surface area (Å²) in [6, 6.07) is 2.30. The van der Waals surface area contributed by atoms with Gasteiger partial charge in [-0.25, -0.2) is 4.39 Å². The Bertz CT molecular complexity index is 765. The minimum atomic E-state index is -1.45. The average Bonchev–Trinajstić information content (AvgIpc) is 2.90. The Morgan fingerprint density at radius 3 is 2.56 bits per heavy atom. The van der Waals surface area contributed by atoms with Gasteiger partial charge >= 0.3 is 0 Å². The predicted octanol–water partition coefficient (Wildman–Crippen LogP) is 1.77.